The summed E-state index contributed by atoms with van der Waals surface area (Å²) in [6, 6.07) is 14.6. The molecule has 0 aliphatic rings. The highest BCUT2D eigenvalue weighted by Crippen LogP contribution is 2.19. The Bertz CT molecular complexity index is 1020. The number of amides is 1. The van der Waals surface area contributed by atoms with E-state index in [-0.39, 0.29) is 11.7 Å². The van der Waals surface area contributed by atoms with Crippen LogP contribution in [0.3, 0.4) is 0 Å². The van der Waals surface area contributed by atoms with Gasteiger partial charge in [0.15, 0.2) is 0 Å². The van der Waals surface area contributed by atoms with Gasteiger partial charge in [0.1, 0.15) is 11.5 Å². The molecular formula is C19H20N6O. The zero-order valence-electron chi connectivity index (χ0n) is 14.3. The van der Waals surface area contributed by atoms with Crippen molar-refractivity contribution in [3.8, 4) is 0 Å². The lowest BCUT2D eigenvalue weighted by Gasteiger charge is -2.04. The maximum Gasteiger partial charge on any atom is 0.272 e. The first-order valence-electron chi connectivity index (χ1n) is 7.97. The number of nitrogens with one attached hydrogen (secondary N) is 3. The normalized spacial score (nSPS) is 11.3. The first-order valence-corrected chi connectivity index (χ1v) is 7.97. The standard InChI is InChI=1S/C19H20N6O/c1-11(24-25-12(2)20)13-6-7-17-14(8-13)9-18(23-17)19(26)22-16-5-3-4-15(21)10-16/h3-10,23,25H,2,20-21H2,1H3,(H,22,26)/b24-11+. The molecule has 7 heteroatoms. The molecule has 7 nitrogen and oxygen atoms in total. The van der Waals surface area contributed by atoms with Crippen molar-refractivity contribution in [1.82, 2.24) is 10.4 Å². The van der Waals surface area contributed by atoms with Gasteiger partial charge in [0.2, 0.25) is 0 Å². The fourth-order valence-electron chi connectivity index (χ4n) is 2.52. The van der Waals surface area contributed by atoms with Crippen LogP contribution in [-0.2, 0) is 0 Å². The highest BCUT2D eigenvalue weighted by Gasteiger charge is 2.11. The third-order valence-electron chi connectivity index (χ3n) is 3.79. The molecule has 1 heterocycles. The zero-order chi connectivity index (χ0) is 18.7. The molecule has 0 saturated carbocycles. The molecule has 2 aromatic carbocycles. The van der Waals surface area contributed by atoms with E-state index in [2.05, 4.69) is 27.4 Å². The van der Waals surface area contributed by atoms with Crippen LogP contribution in [0.4, 0.5) is 11.4 Å². The summed E-state index contributed by atoms with van der Waals surface area (Å²) >= 11 is 0. The molecule has 0 fully saturated rings. The Hall–Kier alpha value is -3.74. The highest BCUT2D eigenvalue weighted by molar-refractivity contribution is 6.07. The molecule has 0 atom stereocenters. The molecule has 0 saturated heterocycles. The fourth-order valence-corrected chi connectivity index (χ4v) is 2.52. The summed E-state index contributed by atoms with van der Waals surface area (Å²) in [5, 5.41) is 7.87. The second kappa shape index (κ2) is 7.02. The summed E-state index contributed by atoms with van der Waals surface area (Å²) < 4.78 is 0. The van der Waals surface area contributed by atoms with Gasteiger partial charge in [0, 0.05) is 22.3 Å². The number of hydrogen-bond donors (Lipinski definition) is 5. The van der Waals surface area contributed by atoms with Crippen molar-refractivity contribution in [3.05, 3.63) is 72.2 Å². The SMILES string of the molecule is C=C(N)N/N=C(\C)c1ccc2[nH]c(C(=O)Nc3cccc(N)c3)cc2c1. The largest absolute Gasteiger partial charge is 0.399 e. The number of nitrogen functional groups attached to an aromatic ring is 1. The molecule has 7 N–H and O–H groups in total. The van der Waals surface area contributed by atoms with Crippen molar-refractivity contribution < 1.29 is 4.79 Å². The number of hydrogen-bond acceptors (Lipinski definition) is 5. The van der Waals surface area contributed by atoms with Gasteiger partial charge in [0.05, 0.1) is 5.71 Å². The van der Waals surface area contributed by atoms with Crippen LogP contribution < -0.4 is 22.2 Å². The summed E-state index contributed by atoms with van der Waals surface area (Å²) in [6.45, 7) is 5.39. The molecule has 0 bridgehead atoms. The summed E-state index contributed by atoms with van der Waals surface area (Å²) in [5.41, 5.74) is 18.0. The second-order valence-corrected chi connectivity index (χ2v) is 5.90. The van der Waals surface area contributed by atoms with Crippen LogP contribution in [0.2, 0.25) is 0 Å². The van der Waals surface area contributed by atoms with Gasteiger partial charge in [-0.05, 0) is 48.9 Å². The Morgan fingerprint density at radius 2 is 2.00 bits per heavy atom. The average molecular weight is 348 g/mol. The smallest absolute Gasteiger partial charge is 0.272 e. The van der Waals surface area contributed by atoms with Crippen molar-refractivity contribution in [2.75, 3.05) is 11.1 Å². The number of carbonyl (C=O) groups is 1. The van der Waals surface area contributed by atoms with Gasteiger partial charge in [-0.2, -0.15) is 5.10 Å². The lowest BCUT2D eigenvalue weighted by Crippen LogP contribution is -2.14. The van der Waals surface area contributed by atoms with Gasteiger partial charge in [0.25, 0.3) is 5.91 Å². The van der Waals surface area contributed by atoms with E-state index in [1.54, 1.807) is 30.3 Å². The van der Waals surface area contributed by atoms with Gasteiger partial charge < -0.3 is 21.8 Å². The first kappa shape index (κ1) is 17.1. The zero-order valence-corrected chi connectivity index (χ0v) is 14.3. The van der Waals surface area contributed by atoms with E-state index in [1.807, 2.05) is 25.1 Å². The predicted octanol–water partition coefficient (Wildman–Crippen LogP) is 2.75. The Kier molecular flexibility index (Phi) is 4.62. The lowest BCUT2D eigenvalue weighted by atomic mass is 10.1. The maximum absolute atomic E-state index is 12.5. The monoisotopic (exact) mass is 348 g/mol. The van der Waals surface area contributed by atoms with E-state index in [1.165, 1.54) is 0 Å². The number of aromatic nitrogens is 1. The van der Waals surface area contributed by atoms with Crippen LogP contribution in [-0.4, -0.2) is 16.6 Å². The topological polar surface area (TPSA) is 121 Å². The predicted molar refractivity (Wildman–Crippen MR) is 106 cm³/mol. The van der Waals surface area contributed by atoms with Crippen molar-refractivity contribution in [2.24, 2.45) is 10.8 Å². The van der Waals surface area contributed by atoms with Crippen LogP contribution in [0.15, 0.2) is 66.0 Å². The number of nitrogens with two attached hydrogens (primary N) is 2. The van der Waals surface area contributed by atoms with Crippen molar-refractivity contribution in [1.29, 1.82) is 0 Å². The van der Waals surface area contributed by atoms with E-state index in [9.17, 15) is 4.79 Å². The van der Waals surface area contributed by atoms with Crippen molar-refractivity contribution in [2.45, 2.75) is 6.92 Å². The number of fused-ring (bicyclic) bond motifs is 1. The Labute approximate surface area is 150 Å². The number of carbonyl (C=O) groups excluding carboxylic acids is 1. The van der Waals surface area contributed by atoms with Crippen LogP contribution in [0.25, 0.3) is 10.9 Å². The van der Waals surface area contributed by atoms with E-state index in [0.717, 1.165) is 22.2 Å². The summed E-state index contributed by atoms with van der Waals surface area (Å²) in [4.78, 5) is 15.6. The van der Waals surface area contributed by atoms with Crippen molar-refractivity contribution >= 4 is 33.9 Å². The quantitative estimate of drug-likeness (QED) is 0.276. The second-order valence-electron chi connectivity index (χ2n) is 5.90. The van der Waals surface area contributed by atoms with Crippen LogP contribution in [0.5, 0.6) is 0 Å². The van der Waals surface area contributed by atoms with Gasteiger partial charge in [-0.1, -0.05) is 18.7 Å². The molecule has 0 aliphatic heterocycles. The minimum atomic E-state index is -0.236. The number of H-pyrrole nitrogens is 1. The van der Waals surface area contributed by atoms with Gasteiger partial charge in [-0.3, -0.25) is 10.2 Å². The van der Waals surface area contributed by atoms with Crippen LogP contribution in [0.1, 0.15) is 23.0 Å². The molecular weight excluding hydrogens is 328 g/mol. The molecule has 3 aromatic rings. The van der Waals surface area contributed by atoms with Crippen molar-refractivity contribution in [3.63, 3.8) is 0 Å². The summed E-state index contributed by atoms with van der Waals surface area (Å²) in [5.74, 6) is 0.0346. The lowest BCUT2D eigenvalue weighted by molar-refractivity contribution is 0.102. The number of anilines is 2. The molecule has 3 rings (SSSR count). The maximum atomic E-state index is 12.5. The first-order chi connectivity index (χ1) is 12.4. The molecule has 0 unspecified atom stereocenters. The molecule has 0 aliphatic carbocycles. The highest BCUT2D eigenvalue weighted by atomic mass is 16.1. The minimum Gasteiger partial charge on any atom is -0.399 e. The van der Waals surface area contributed by atoms with Gasteiger partial charge in [-0.25, -0.2) is 0 Å². The van der Waals surface area contributed by atoms with E-state index < -0.39 is 0 Å². The van der Waals surface area contributed by atoms with E-state index in [0.29, 0.717) is 17.1 Å². The third kappa shape index (κ3) is 3.84. The third-order valence-corrected chi connectivity index (χ3v) is 3.79. The fraction of sp³-hybridized carbons (Fsp3) is 0.0526. The molecule has 0 radical (unpaired) electrons. The summed E-state index contributed by atoms with van der Waals surface area (Å²) in [7, 11) is 0. The number of rotatable bonds is 5. The summed E-state index contributed by atoms with van der Waals surface area (Å²) in [6.07, 6.45) is 0. The Morgan fingerprint density at radius 3 is 2.73 bits per heavy atom. The number of hydrazone groups is 1. The molecule has 1 amide bonds. The Morgan fingerprint density at radius 1 is 1.19 bits per heavy atom. The minimum absolute atomic E-state index is 0.236. The Balaban J connectivity index is 1.83. The molecule has 0 spiro atoms. The number of benzene rings is 2. The molecule has 132 valence electrons. The van der Waals surface area contributed by atoms with Crippen LogP contribution >= 0.6 is 0 Å². The molecule has 26 heavy (non-hydrogen) atoms. The van der Waals surface area contributed by atoms with Gasteiger partial charge in [-0.15, -0.1) is 0 Å². The van der Waals surface area contributed by atoms with Crippen LogP contribution in [0, 0.1) is 0 Å². The average Bonchev–Trinajstić information content (AvgIpc) is 3.03. The van der Waals surface area contributed by atoms with E-state index >= 15 is 0 Å². The number of nitrogens with zero attached hydrogens (tertiary/aromatic N) is 1. The van der Waals surface area contributed by atoms with E-state index in [4.69, 9.17) is 11.5 Å². The molecule has 1 aromatic heterocycles. The van der Waals surface area contributed by atoms with Gasteiger partial charge >= 0.3 is 0 Å². The number of aromatic amines is 1.